The number of unbranched alkanes of at least 4 members (excludes halogenated alkanes) is 1. The maximum Gasteiger partial charge on any atom is 0.246 e. The van der Waals surface area contributed by atoms with Crippen LogP contribution >= 0.6 is 12.6 Å². The van der Waals surface area contributed by atoms with Gasteiger partial charge in [0.25, 0.3) is 0 Å². The minimum Gasteiger partial charge on any atom is -0.508 e. The molecule has 0 saturated carbocycles. The average Bonchev–Trinajstić information content (AvgIpc) is 3.81. The normalized spacial score (nSPS) is 15.9. The first-order valence-electron chi connectivity index (χ1n) is 22.0. The van der Waals surface area contributed by atoms with Crippen LogP contribution < -0.4 is 49.1 Å². The Morgan fingerprint density at radius 2 is 1.27 bits per heavy atom. The second kappa shape index (κ2) is 26.4. The molecule has 8 amide bonds. The first-order chi connectivity index (χ1) is 32.0. The molecule has 0 spiro atoms. The summed E-state index contributed by atoms with van der Waals surface area (Å²) in [6.07, 6.45) is 1.95. The fraction of sp³-hybridized carbons (Fsp3) is 0.435. The van der Waals surface area contributed by atoms with E-state index in [-0.39, 0.29) is 55.9 Å². The van der Waals surface area contributed by atoms with Crippen LogP contribution in [0, 0.1) is 0 Å². The maximum absolute atomic E-state index is 14.4. The number of carbonyl (C=O) groups excluding carboxylic acids is 8. The zero-order chi connectivity index (χ0) is 49.0. The maximum atomic E-state index is 14.4. The van der Waals surface area contributed by atoms with Gasteiger partial charge >= 0.3 is 0 Å². The molecule has 1 fully saturated rings. The van der Waals surface area contributed by atoms with Crippen molar-refractivity contribution in [1.29, 1.82) is 0 Å². The summed E-state index contributed by atoms with van der Waals surface area (Å²) in [6.45, 7) is 1.29. The number of hydrogen-bond acceptors (Lipinski definition) is 13. The van der Waals surface area contributed by atoms with Crippen molar-refractivity contribution in [3.05, 3.63) is 95.6 Å². The number of thiol groups is 1. The van der Waals surface area contributed by atoms with Gasteiger partial charge in [0.2, 0.25) is 47.3 Å². The van der Waals surface area contributed by atoms with Gasteiger partial charge in [-0.1, -0.05) is 54.6 Å². The number of rotatable bonds is 25. The SMILES string of the molecule is C[C@@H](NC(=O)[C@@H](N)Cc1ccc(O)cc1)C(=O)N[C@@H](Cc1ccccc1)C(=O)NCC(=O)N[C@@H](Cc1ccc(O)cc1)C(=O)N1CCC[C@H]1C(=O)N[C@@H](CCCCN)C(=O)N[C@@H](CS)C(N)=O. The summed E-state index contributed by atoms with van der Waals surface area (Å²) in [7, 11) is 0. The van der Waals surface area contributed by atoms with Crippen LogP contribution in [0.5, 0.6) is 11.5 Å². The highest BCUT2D eigenvalue weighted by Gasteiger charge is 2.39. The number of phenols is 2. The fourth-order valence-electron chi connectivity index (χ4n) is 7.34. The van der Waals surface area contributed by atoms with E-state index in [1.165, 1.54) is 36.1 Å². The number of hydrogen-bond donors (Lipinski definition) is 12. The lowest BCUT2D eigenvalue weighted by Crippen LogP contribution is -2.58. The molecule has 3 aromatic carbocycles. The fourth-order valence-corrected chi connectivity index (χ4v) is 7.61. The van der Waals surface area contributed by atoms with E-state index in [2.05, 4.69) is 44.5 Å². The summed E-state index contributed by atoms with van der Waals surface area (Å²) in [5, 5.41) is 35.1. The van der Waals surface area contributed by atoms with Crippen molar-refractivity contribution in [2.24, 2.45) is 17.2 Å². The Kier molecular flexibility index (Phi) is 20.9. The number of nitrogens with zero attached hydrogens (tertiary/aromatic N) is 1. The van der Waals surface area contributed by atoms with Crippen molar-refractivity contribution in [1.82, 2.24) is 36.8 Å². The van der Waals surface area contributed by atoms with E-state index in [9.17, 15) is 48.6 Å². The molecule has 21 heteroatoms. The van der Waals surface area contributed by atoms with E-state index in [1.807, 2.05) is 0 Å². The van der Waals surface area contributed by atoms with Gasteiger partial charge in [0.1, 0.15) is 47.8 Å². The molecule has 1 saturated heterocycles. The third-order valence-electron chi connectivity index (χ3n) is 11.1. The highest BCUT2D eigenvalue weighted by Crippen LogP contribution is 2.21. The van der Waals surface area contributed by atoms with Gasteiger partial charge in [-0.05, 0) is 92.9 Å². The van der Waals surface area contributed by atoms with E-state index in [0.717, 1.165) is 0 Å². The van der Waals surface area contributed by atoms with Gasteiger partial charge in [-0.15, -0.1) is 0 Å². The Balaban J connectivity index is 1.45. The highest BCUT2D eigenvalue weighted by atomic mass is 32.1. The van der Waals surface area contributed by atoms with Crippen LogP contribution in [-0.4, -0.2) is 130 Å². The molecule has 1 heterocycles. The largest absolute Gasteiger partial charge is 0.508 e. The van der Waals surface area contributed by atoms with Crippen LogP contribution in [0.4, 0.5) is 0 Å². The summed E-state index contributed by atoms with van der Waals surface area (Å²) in [5.41, 5.74) is 19.1. The summed E-state index contributed by atoms with van der Waals surface area (Å²) in [4.78, 5) is 108. The highest BCUT2D eigenvalue weighted by molar-refractivity contribution is 7.80. The first kappa shape index (κ1) is 52.9. The Hall–Kier alpha value is -6.71. The average molecular weight is 947 g/mol. The molecule has 67 heavy (non-hydrogen) atoms. The molecule has 0 aromatic heterocycles. The van der Waals surface area contributed by atoms with Crippen molar-refractivity contribution in [3.8, 4) is 11.5 Å². The van der Waals surface area contributed by atoms with Gasteiger partial charge < -0.3 is 64.2 Å². The predicted molar refractivity (Wildman–Crippen MR) is 251 cm³/mol. The van der Waals surface area contributed by atoms with Gasteiger partial charge in [-0.2, -0.15) is 12.6 Å². The standard InChI is InChI=1S/C46H62N10O10S/c1-27(51-42(62)33(48)22-29-12-16-31(57)17-13-29)41(61)54-35(23-28-8-3-2-4-9-28)43(63)50-25-39(59)52-36(24-30-14-18-32(58)19-15-30)46(66)56-21-7-11-38(56)45(65)53-34(10-5-6-20-47)44(64)55-37(26-67)40(49)60/h2-4,8-9,12-19,27,33-38,57-58,67H,5-7,10-11,20-26,47-48H2,1H3,(H2,49,60)(H,50,63)(H,51,62)(H,52,59)(H,53,65)(H,54,61)(H,55,64)/t27-,33+,34+,35+,36+,37+,38+/m1/s1. The molecular formula is C46H62N10O10S. The zero-order valence-electron chi connectivity index (χ0n) is 37.3. The predicted octanol–water partition coefficient (Wildman–Crippen LogP) is -1.45. The van der Waals surface area contributed by atoms with E-state index in [1.54, 1.807) is 54.6 Å². The van der Waals surface area contributed by atoms with Crippen LogP contribution in [0.25, 0.3) is 0 Å². The Morgan fingerprint density at radius 3 is 1.87 bits per heavy atom. The first-order valence-corrected chi connectivity index (χ1v) is 22.7. The molecule has 1 aliphatic heterocycles. The Morgan fingerprint density at radius 1 is 0.687 bits per heavy atom. The van der Waals surface area contributed by atoms with Crippen LogP contribution in [0.2, 0.25) is 0 Å². The monoisotopic (exact) mass is 946 g/mol. The van der Waals surface area contributed by atoms with Gasteiger partial charge in [-0.25, -0.2) is 0 Å². The van der Waals surface area contributed by atoms with Crippen molar-refractivity contribution < 1.29 is 48.6 Å². The van der Waals surface area contributed by atoms with Gasteiger partial charge in [-0.3, -0.25) is 38.4 Å². The van der Waals surface area contributed by atoms with Crippen LogP contribution in [0.15, 0.2) is 78.9 Å². The minimum atomic E-state index is -1.26. The third-order valence-corrected chi connectivity index (χ3v) is 11.5. The van der Waals surface area contributed by atoms with Crippen LogP contribution in [-0.2, 0) is 57.6 Å². The van der Waals surface area contributed by atoms with E-state index in [4.69, 9.17) is 17.2 Å². The summed E-state index contributed by atoms with van der Waals surface area (Å²) < 4.78 is 0. The van der Waals surface area contributed by atoms with E-state index >= 15 is 0 Å². The van der Waals surface area contributed by atoms with Crippen molar-refractivity contribution in [3.63, 3.8) is 0 Å². The number of nitrogens with two attached hydrogens (primary N) is 3. The summed E-state index contributed by atoms with van der Waals surface area (Å²) >= 11 is 4.08. The van der Waals surface area contributed by atoms with Gasteiger partial charge in [0.05, 0.1) is 12.6 Å². The lowest BCUT2D eigenvalue weighted by Gasteiger charge is -2.30. The van der Waals surface area contributed by atoms with Crippen molar-refractivity contribution >= 4 is 59.9 Å². The molecule has 1 aliphatic rings. The second-order valence-electron chi connectivity index (χ2n) is 16.3. The Labute approximate surface area is 394 Å². The quantitative estimate of drug-likeness (QED) is 0.0343. The zero-order valence-corrected chi connectivity index (χ0v) is 38.2. The number of carbonyl (C=O) groups is 8. The third kappa shape index (κ3) is 16.9. The number of amides is 8. The number of primary amides is 1. The number of likely N-dealkylation sites (tertiary alicyclic amines) is 1. The molecule has 0 bridgehead atoms. The number of benzene rings is 3. The van der Waals surface area contributed by atoms with Crippen LogP contribution in [0.1, 0.15) is 55.7 Å². The molecule has 14 N–H and O–H groups in total. The molecule has 3 aromatic rings. The topological polar surface area (TPSA) is 330 Å². The summed E-state index contributed by atoms with van der Waals surface area (Å²) in [6, 6.07) is 13.1. The number of phenolic OH excluding ortho intramolecular Hbond substituents is 2. The molecule has 362 valence electrons. The number of aromatic hydroxyl groups is 2. The smallest absolute Gasteiger partial charge is 0.246 e. The molecular weight excluding hydrogens is 885 g/mol. The lowest BCUT2D eigenvalue weighted by molar-refractivity contribution is -0.142. The molecule has 0 radical (unpaired) electrons. The molecule has 4 rings (SSSR count). The van der Waals surface area contributed by atoms with Crippen LogP contribution in [0.3, 0.4) is 0 Å². The second-order valence-corrected chi connectivity index (χ2v) is 16.7. The summed E-state index contributed by atoms with van der Waals surface area (Å²) in [5.74, 6) is -5.59. The molecule has 7 atom stereocenters. The van der Waals surface area contributed by atoms with E-state index < -0.39 is 96.1 Å². The van der Waals surface area contributed by atoms with Crippen molar-refractivity contribution in [2.75, 3.05) is 25.4 Å². The molecule has 0 unspecified atom stereocenters. The van der Waals surface area contributed by atoms with E-state index in [0.29, 0.717) is 42.5 Å². The van der Waals surface area contributed by atoms with Gasteiger partial charge in [0, 0.05) is 25.1 Å². The minimum absolute atomic E-state index is 0.0118. The molecule has 20 nitrogen and oxygen atoms in total. The Bertz CT molecular complexity index is 2170. The number of nitrogens with one attached hydrogen (secondary N) is 6. The lowest BCUT2D eigenvalue weighted by atomic mass is 10.0. The van der Waals surface area contributed by atoms with Gasteiger partial charge in [0.15, 0.2) is 0 Å². The van der Waals surface area contributed by atoms with Crippen molar-refractivity contribution in [2.45, 2.75) is 101 Å². The molecule has 0 aliphatic carbocycles.